The topological polar surface area (TPSA) is 51.8 Å². The van der Waals surface area contributed by atoms with Crippen molar-refractivity contribution < 1.29 is 0 Å². The average molecular weight is 329 g/mol. The van der Waals surface area contributed by atoms with Crippen LogP contribution in [0.25, 0.3) is 11.4 Å². The van der Waals surface area contributed by atoms with Gasteiger partial charge in [0.25, 0.3) is 0 Å². The van der Waals surface area contributed by atoms with E-state index >= 15 is 0 Å². The number of aryl methyl sites for hydroxylation is 1. The lowest BCUT2D eigenvalue weighted by Gasteiger charge is -2.27. The van der Waals surface area contributed by atoms with Crippen molar-refractivity contribution in [1.82, 2.24) is 24.5 Å². The number of aromatic nitrogens is 5. The number of benzene rings is 1. The maximum atomic E-state index is 5.91. The lowest BCUT2D eigenvalue weighted by Crippen LogP contribution is -2.35. The first-order chi connectivity index (χ1) is 11.3. The zero-order valence-electron chi connectivity index (χ0n) is 12.6. The zero-order chi connectivity index (χ0) is 15.6. The summed E-state index contributed by atoms with van der Waals surface area (Å²) < 4.78 is 3.86. The van der Waals surface area contributed by atoms with Crippen LogP contribution in [0.3, 0.4) is 0 Å². The number of rotatable bonds is 4. The minimum atomic E-state index is 0.665. The van der Waals surface area contributed by atoms with Crippen LogP contribution in [-0.4, -0.2) is 37.6 Å². The van der Waals surface area contributed by atoms with Crippen molar-refractivity contribution in [2.45, 2.75) is 19.5 Å². The number of halogens is 1. The van der Waals surface area contributed by atoms with Crippen molar-refractivity contribution in [3.63, 3.8) is 0 Å². The molecule has 1 aliphatic rings. The van der Waals surface area contributed by atoms with Gasteiger partial charge in [-0.15, -0.1) is 5.10 Å². The van der Waals surface area contributed by atoms with E-state index in [4.69, 9.17) is 16.6 Å². The summed E-state index contributed by atoms with van der Waals surface area (Å²) in [6.45, 7) is 3.52. The number of hydrogen-bond acceptors (Lipinski definition) is 4. The molecular formula is C16H17ClN6. The molecule has 2 aromatic heterocycles. The molecular weight excluding hydrogens is 312 g/mol. The highest BCUT2D eigenvalue weighted by molar-refractivity contribution is 6.30. The van der Waals surface area contributed by atoms with Gasteiger partial charge in [0.15, 0.2) is 5.82 Å². The van der Waals surface area contributed by atoms with Crippen LogP contribution in [0.5, 0.6) is 0 Å². The molecule has 0 spiro atoms. The van der Waals surface area contributed by atoms with Crippen LogP contribution in [0, 0.1) is 0 Å². The summed E-state index contributed by atoms with van der Waals surface area (Å²) in [4.78, 5) is 7.00. The third-order valence-electron chi connectivity index (χ3n) is 3.97. The van der Waals surface area contributed by atoms with Crippen molar-refractivity contribution in [2.24, 2.45) is 0 Å². The Hall–Kier alpha value is -2.34. The molecule has 118 valence electrons. The molecule has 0 N–H and O–H groups in total. The molecule has 0 atom stereocenters. The van der Waals surface area contributed by atoms with Gasteiger partial charge >= 0.3 is 0 Å². The van der Waals surface area contributed by atoms with Crippen molar-refractivity contribution in [2.75, 3.05) is 18.0 Å². The van der Waals surface area contributed by atoms with Crippen LogP contribution < -0.4 is 4.90 Å². The molecule has 0 bridgehead atoms. The predicted molar refractivity (Wildman–Crippen MR) is 89.5 cm³/mol. The monoisotopic (exact) mass is 328 g/mol. The molecule has 0 radical (unpaired) electrons. The minimum absolute atomic E-state index is 0.665. The van der Waals surface area contributed by atoms with E-state index in [9.17, 15) is 0 Å². The van der Waals surface area contributed by atoms with Gasteiger partial charge in [-0.2, -0.15) is 10.1 Å². The molecule has 6 nitrogen and oxygen atoms in total. The molecule has 0 unspecified atom stereocenters. The number of nitrogens with zero attached hydrogens (tertiary/aromatic N) is 6. The Morgan fingerprint density at radius 1 is 1.09 bits per heavy atom. The Labute approximate surface area is 139 Å². The second-order valence-corrected chi connectivity index (χ2v) is 6.02. The van der Waals surface area contributed by atoms with E-state index in [0.717, 1.165) is 49.9 Å². The summed E-state index contributed by atoms with van der Waals surface area (Å²) in [6.07, 6.45) is 4.57. The Morgan fingerprint density at radius 3 is 2.74 bits per heavy atom. The molecule has 0 saturated carbocycles. The van der Waals surface area contributed by atoms with Crippen molar-refractivity contribution >= 4 is 17.5 Å². The third-order valence-corrected chi connectivity index (χ3v) is 4.16. The lowest BCUT2D eigenvalue weighted by atomic mass is 10.2. The van der Waals surface area contributed by atoms with Crippen LogP contribution in [0.1, 0.15) is 6.42 Å². The Morgan fingerprint density at radius 2 is 1.96 bits per heavy atom. The molecule has 1 aromatic carbocycles. The fourth-order valence-corrected chi connectivity index (χ4v) is 2.99. The first-order valence-corrected chi connectivity index (χ1v) is 8.10. The minimum Gasteiger partial charge on any atom is -0.339 e. The molecule has 0 saturated heterocycles. The van der Waals surface area contributed by atoms with Gasteiger partial charge < -0.3 is 4.90 Å². The van der Waals surface area contributed by atoms with Gasteiger partial charge in [0.05, 0.1) is 17.8 Å². The molecule has 7 heteroatoms. The van der Waals surface area contributed by atoms with Crippen LogP contribution in [0.15, 0.2) is 42.7 Å². The Balaban J connectivity index is 1.55. The molecule has 3 heterocycles. The van der Waals surface area contributed by atoms with Gasteiger partial charge in [0.2, 0.25) is 5.95 Å². The van der Waals surface area contributed by atoms with E-state index in [2.05, 4.69) is 15.1 Å². The predicted octanol–water partition coefficient (Wildman–Crippen LogP) is 2.71. The van der Waals surface area contributed by atoms with E-state index in [1.807, 2.05) is 45.9 Å². The second kappa shape index (κ2) is 6.04. The lowest BCUT2D eigenvalue weighted by molar-refractivity contribution is 0.493. The quantitative estimate of drug-likeness (QED) is 0.739. The largest absolute Gasteiger partial charge is 0.339 e. The van der Waals surface area contributed by atoms with Gasteiger partial charge in [-0.1, -0.05) is 41.9 Å². The SMILES string of the molecule is Clc1cnn(CCN2CCCn3nc(-c4ccccc4)nc32)c1. The smallest absolute Gasteiger partial charge is 0.224 e. The summed E-state index contributed by atoms with van der Waals surface area (Å²) in [7, 11) is 0. The van der Waals surface area contributed by atoms with Crippen molar-refractivity contribution in [3.8, 4) is 11.4 Å². The van der Waals surface area contributed by atoms with Crippen molar-refractivity contribution in [1.29, 1.82) is 0 Å². The van der Waals surface area contributed by atoms with Gasteiger partial charge in [0.1, 0.15) is 0 Å². The van der Waals surface area contributed by atoms with Gasteiger partial charge in [0, 0.05) is 31.4 Å². The van der Waals surface area contributed by atoms with Crippen LogP contribution >= 0.6 is 11.6 Å². The molecule has 23 heavy (non-hydrogen) atoms. The van der Waals surface area contributed by atoms with Crippen molar-refractivity contribution in [3.05, 3.63) is 47.7 Å². The fraction of sp³-hybridized carbons (Fsp3) is 0.312. The maximum absolute atomic E-state index is 5.91. The zero-order valence-corrected chi connectivity index (χ0v) is 13.4. The molecule has 1 aliphatic heterocycles. The van der Waals surface area contributed by atoms with E-state index in [1.54, 1.807) is 6.20 Å². The summed E-state index contributed by atoms with van der Waals surface area (Å²) in [5.41, 5.74) is 1.05. The standard InChI is InChI=1S/C16H17ClN6/c17-14-11-18-22(12-14)10-9-21-7-4-8-23-16(21)19-15(20-23)13-5-2-1-3-6-13/h1-3,5-6,11-12H,4,7-10H2. The average Bonchev–Trinajstić information content (AvgIpc) is 3.20. The first kappa shape index (κ1) is 14.3. The molecule has 0 amide bonds. The van der Waals surface area contributed by atoms with E-state index in [1.165, 1.54) is 0 Å². The number of hydrogen-bond donors (Lipinski definition) is 0. The highest BCUT2D eigenvalue weighted by atomic mass is 35.5. The summed E-state index contributed by atoms with van der Waals surface area (Å²) in [5.74, 6) is 1.72. The second-order valence-electron chi connectivity index (χ2n) is 5.59. The Kier molecular flexibility index (Phi) is 3.75. The highest BCUT2D eigenvalue weighted by Gasteiger charge is 2.21. The van der Waals surface area contributed by atoms with E-state index in [0.29, 0.717) is 5.02 Å². The van der Waals surface area contributed by atoms with Gasteiger partial charge in [-0.3, -0.25) is 4.68 Å². The highest BCUT2D eigenvalue weighted by Crippen LogP contribution is 2.23. The number of fused-ring (bicyclic) bond motifs is 1. The molecule has 0 aliphatic carbocycles. The first-order valence-electron chi connectivity index (χ1n) is 7.73. The van der Waals surface area contributed by atoms with Crippen LogP contribution in [0.4, 0.5) is 5.95 Å². The summed E-state index contributed by atoms with van der Waals surface area (Å²) >= 11 is 5.91. The van der Waals surface area contributed by atoms with Crippen LogP contribution in [0.2, 0.25) is 5.02 Å². The molecule has 0 fully saturated rings. The van der Waals surface area contributed by atoms with Gasteiger partial charge in [-0.05, 0) is 6.42 Å². The third kappa shape index (κ3) is 2.94. The van der Waals surface area contributed by atoms with E-state index < -0.39 is 0 Å². The normalized spacial score (nSPS) is 14.0. The summed E-state index contributed by atoms with van der Waals surface area (Å²) in [5, 5.41) is 9.54. The molecule has 3 aromatic rings. The maximum Gasteiger partial charge on any atom is 0.224 e. The number of anilines is 1. The summed E-state index contributed by atoms with van der Waals surface area (Å²) in [6, 6.07) is 10.1. The van der Waals surface area contributed by atoms with Gasteiger partial charge in [-0.25, -0.2) is 4.68 Å². The van der Waals surface area contributed by atoms with Crippen LogP contribution in [-0.2, 0) is 13.1 Å². The molecule has 4 rings (SSSR count). The Bertz CT molecular complexity index is 794. The fourth-order valence-electron chi connectivity index (χ4n) is 2.83. The van der Waals surface area contributed by atoms with E-state index in [-0.39, 0.29) is 0 Å².